The van der Waals surface area contributed by atoms with Gasteiger partial charge in [0, 0.05) is 30.6 Å². The Morgan fingerprint density at radius 2 is 2.17 bits per heavy atom. The fourth-order valence-electron chi connectivity index (χ4n) is 2.52. The van der Waals surface area contributed by atoms with Crippen LogP contribution in [0.1, 0.15) is 16.7 Å². The molecule has 1 aromatic heterocycles. The van der Waals surface area contributed by atoms with Gasteiger partial charge in [-0.3, -0.25) is 14.8 Å². The third-order valence-corrected chi connectivity index (χ3v) is 4.29. The molecule has 1 unspecified atom stereocenters. The van der Waals surface area contributed by atoms with E-state index in [1.54, 1.807) is 24.3 Å². The van der Waals surface area contributed by atoms with Crippen molar-refractivity contribution in [2.45, 2.75) is 12.3 Å². The summed E-state index contributed by atoms with van der Waals surface area (Å²) in [7, 11) is 1.71. The number of carbonyl (C=O) groups is 1. The molecule has 1 aliphatic rings. The number of anilines is 1. The zero-order valence-corrected chi connectivity index (χ0v) is 13.5. The molecule has 0 spiro atoms. The minimum absolute atomic E-state index is 0.208. The lowest BCUT2D eigenvalue weighted by atomic mass is 9.99. The number of likely N-dealkylation sites (N-methyl/N-ethyl adjacent to an activating group) is 1. The average molecular weight is 322 g/mol. The molecule has 0 N–H and O–H groups in total. The van der Waals surface area contributed by atoms with Crippen molar-refractivity contribution in [1.82, 2.24) is 4.98 Å². The number of nitriles is 1. The highest BCUT2D eigenvalue weighted by Gasteiger charge is 2.30. The number of pyridine rings is 1. The molecule has 0 radical (unpaired) electrons. The largest absolute Gasteiger partial charge is 0.312 e. The van der Waals surface area contributed by atoms with Gasteiger partial charge in [-0.2, -0.15) is 5.26 Å². The van der Waals surface area contributed by atoms with E-state index in [0.717, 1.165) is 34.1 Å². The Hall–Kier alpha value is -2.65. The zero-order valence-electron chi connectivity index (χ0n) is 12.7. The van der Waals surface area contributed by atoms with E-state index in [4.69, 9.17) is 5.26 Å². The second-order valence-corrected chi connectivity index (χ2v) is 6.06. The Labute approximate surface area is 138 Å². The molecule has 0 fully saturated rings. The predicted octanol–water partition coefficient (Wildman–Crippen LogP) is 2.74. The van der Waals surface area contributed by atoms with Gasteiger partial charge >= 0.3 is 0 Å². The molecule has 1 aromatic carbocycles. The molecule has 23 heavy (non-hydrogen) atoms. The number of amides is 1. The summed E-state index contributed by atoms with van der Waals surface area (Å²) in [5.41, 5.74) is 4.24. The highest BCUT2D eigenvalue weighted by atomic mass is 32.2. The lowest BCUT2D eigenvalue weighted by Gasteiger charge is -2.19. The van der Waals surface area contributed by atoms with Crippen molar-refractivity contribution in [1.29, 1.82) is 5.26 Å². The number of nitrogens with zero attached hydrogens (tertiary/aromatic N) is 4. The van der Waals surface area contributed by atoms with Crippen LogP contribution < -0.4 is 4.90 Å². The number of aryl methyl sites for hydroxylation is 1. The molecule has 0 aliphatic carbocycles. The molecule has 5 nitrogen and oxygen atoms in total. The SMILES string of the molecule is Cc1ccc2c(c1)C(c1cccnc1)=NC(SC#N)C(=O)N2C. The van der Waals surface area contributed by atoms with E-state index >= 15 is 0 Å². The van der Waals surface area contributed by atoms with Crippen LogP contribution in [-0.4, -0.2) is 29.0 Å². The number of aromatic nitrogens is 1. The Kier molecular flexibility index (Phi) is 4.13. The van der Waals surface area contributed by atoms with E-state index in [2.05, 4.69) is 9.98 Å². The average Bonchev–Trinajstić information content (AvgIpc) is 2.66. The summed E-state index contributed by atoms with van der Waals surface area (Å²) in [5, 5.41) is 10.2. The van der Waals surface area contributed by atoms with Gasteiger partial charge in [0.1, 0.15) is 5.40 Å². The van der Waals surface area contributed by atoms with Crippen molar-refractivity contribution in [3.05, 3.63) is 59.4 Å². The maximum Gasteiger partial charge on any atom is 0.262 e. The molecular weight excluding hydrogens is 308 g/mol. The van der Waals surface area contributed by atoms with Gasteiger partial charge < -0.3 is 4.90 Å². The number of hydrogen-bond acceptors (Lipinski definition) is 5. The van der Waals surface area contributed by atoms with E-state index in [1.807, 2.05) is 42.7 Å². The Balaban J connectivity index is 2.26. The molecule has 0 saturated heterocycles. The third-order valence-electron chi connectivity index (χ3n) is 3.66. The van der Waals surface area contributed by atoms with Gasteiger partial charge in [-0.1, -0.05) is 11.6 Å². The Morgan fingerprint density at radius 3 is 2.87 bits per heavy atom. The highest BCUT2D eigenvalue weighted by molar-refractivity contribution is 8.05. The Morgan fingerprint density at radius 1 is 1.35 bits per heavy atom. The fourth-order valence-corrected chi connectivity index (χ4v) is 3.03. The number of aliphatic imine (C=N–C) groups is 1. The molecule has 114 valence electrons. The molecule has 1 atom stereocenters. The van der Waals surface area contributed by atoms with Crippen LogP contribution in [0, 0.1) is 17.6 Å². The monoisotopic (exact) mass is 322 g/mol. The Bertz CT molecular complexity index is 826. The van der Waals surface area contributed by atoms with Crippen LogP contribution >= 0.6 is 11.8 Å². The maximum atomic E-state index is 12.6. The van der Waals surface area contributed by atoms with Crippen molar-refractivity contribution in [3.8, 4) is 5.40 Å². The number of rotatable bonds is 2. The maximum absolute atomic E-state index is 12.6. The van der Waals surface area contributed by atoms with Crippen LogP contribution in [0.3, 0.4) is 0 Å². The van der Waals surface area contributed by atoms with Crippen LogP contribution in [0.15, 0.2) is 47.7 Å². The quantitative estimate of drug-likeness (QED) is 0.797. The van der Waals surface area contributed by atoms with Gasteiger partial charge in [-0.25, -0.2) is 0 Å². The molecule has 1 amide bonds. The van der Waals surface area contributed by atoms with E-state index in [9.17, 15) is 4.79 Å². The van der Waals surface area contributed by atoms with Gasteiger partial charge in [-0.15, -0.1) is 0 Å². The van der Waals surface area contributed by atoms with Crippen molar-refractivity contribution in [2.75, 3.05) is 11.9 Å². The summed E-state index contributed by atoms with van der Waals surface area (Å²) in [6.45, 7) is 2.00. The summed E-state index contributed by atoms with van der Waals surface area (Å²) in [5.74, 6) is -0.208. The minimum Gasteiger partial charge on any atom is -0.312 e. The van der Waals surface area contributed by atoms with E-state index in [1.165, 1.54) is 0 Å². The first kappa shape index (κ1) is 15.3. The van der Waals surface area contributed by atoms with Gasteiger partial charge in [0.05, 0.1) is 11.4 Å². The van der Waals surface area contributed by atoms with Crippen molar-refractivity contribution in [3.63, 3.8) is 0 Å². The third kappa shape index (κ3) is 2.83. The number of thiocyanates is 1. The van der Waals surface area contributed by atoms with Crippen molar-refractivity contribution < 1.29 is 4.79 Å². The highest BCUT2D eigenvalue weighted by Crippen LogP contribution is 2.30. The molecule has 2 heterocycles. The summed E-state index contributed by atoms with van der Waals surface area (Å²) in [6, 6.07) is 9.61. The summed E-state index contributed by atoms with van der Waals surface area (Å²) in [6.07, 6.45) is 3.41. The molecular formula is C17H14N4OS. The first-order valence-corrected chi connectivity index (χ1v) is 7.91. The number of thioether (sulfide) groups is 1. The van der Waals surface area contributed by atoms with Gasteiger partial charge in [0.15, 0.2) is 5.37 Å². The van der Waals surface area contributed by atoms with E-state index < -0.39 is 5.37 Å². The molecule has 0 saturated carbocycles. The number of hydrogen-bond donors (Lipinski definition) is 0. The lowest BCUT2D eigenvalue weighted by Crippen LogP contribution is -2.32. The van der Waals surface area contributed by atoms with Gasteiger partial charge in [-0.05, 0) is 43.0 Å². The van der Waals surface area contributed by atoms with Crippen LogP contribution in [-0.2, 0) is 4.79 Å². The number of carbonyl (C=O) groups excluding carboxylic acids is 1. The smallest absolute Gasteiger partial charge is 0.262 e. The molecule has 2 aromatic rings. The molecule has 3 rings (SSSR count). The van der Waals surface area contributed by atoms with Crippen LogP contribution in [0.4, 0.5) is 5.69 Å². The number of benzene rings is 1. The van der Waals surface area contributed by atoms with Crippen LogP contribution in [0.25, 0.3) is 0 Å². The topological polar surface area (TPSA) is 69.3 Å². The predicted molar refractivity (Wildman–Crippen MR) is 91.5 cm³/mol. The number of benzodiazepines with no additional fused rings is 1. The number of fused-ring (bicyclic) bond motifs is 1. The van der Waals surface area contributed by atoms with E-state index in [0.29, 0.717) is 5.71 Å². The summed E-state index contributed by atoms with van der Waals surface area (Å²) >= 11 is 0.857. The summed E-state index contributed by atoms with van der Waals surface area (Å²) < 4.78 is 0. The minimum atomic E-state index is -0.784. The first-order chi connectivity index (χ1) is 11.1. The van der Waals surface area contributed by atoms with Crippen molar-refractivity contribution in [2.24, 2.45) is 4.99 Å². The van der Waals surface area contributed by atoms with Crippen LogP contribution in [0.5, 0.6) is 0 Å². The fraction of sp³-hybridized carbons (Fsp3) is 0.176. The van der Waals surface area contributed by atoms with Crippen molar-refractivity contribution >= 4 is 29.1 Å². The summed E-state index contributed by atoms with van der Waals surface area (Å²) in [4.78, 5) is 22.9. The molecule has 6 heteroatoms. The van der Waals surface area contributed by atoms with Gasteiger partial charge in [0.25, 0.3) is 5.91 Å². The van der Waals surface area contributed by atoms with E-state index in [-0.39, 0.29) is 5.91 Å². The lowest BCUT2D eigenvalue weighted by molar-refractivity contribution is -0.117. The van der Waals surface area contributed by atoms with Gasteiger partial charge in [0.2, 0.25) is 0 Å². The first-order valence-electron chi connectivity index (χ1n) is 7.03. The second kappa shape index (κ2) is 6.23. The second-order valence-electron chi connectivity index (χ2n) is 5.20. The van der Waals surface area contributed by atoms with Crippen LogP contribution in [0.2, 0.25) is 0 Å². The standard InChI is InChI=1S/C17H14N4OS/c1-11-5-6-14-13(8-11)15(12-4-3-7-19-9-12)20-16(23-10-18)17(22)21(14)2/h3-9,16H,1-2H3. The zero-order chi connectivity index (χ0) is 16.4. The molecule has 1 aliphatic heterocycles. The normalized spacial score (nSPS) is 17.1. The molecule has 0 bridgehead atoms.